The Hall–Kier alpha value is -0.660. The highest BCUT2D eigenvalue weighted by molar-refractivity contribution is 7.91. The van der Waals surface area contributed by atoms with Crippen molar-refractivity contribution in [1.29, 1.82) is 0 Å². The third kappa shape index (κ3) is 2.36. The van der Waals surface area contributed by atoms with Crippen molar-refractivity contribution in [3.05, 3.63) is 5.69 Å². The second-order valence-corrected chi connectivity index (χ2v) is 7.55. The van der Waals surface area contributed by atoms with Crippen molar-refractivity contribution in [2.24, 2.45) is 5.41 Å². The number of rotatable bonds is 4. The van der Waals surface area contributed by atoms with Crippen LogP contribution >= 0.6 is 11.3 Å². The Kier molecular flexibility index (Phi) is 2.72. The van der Waals surface area contributed by atoms with Crippen molar-refractivity contribution in [3.8, 4) is 0 Å². The fourth-order valence-electron chi connectivity index (χ4n) is 1.38. The molecule has 1 heterocycles. The maximum atomic E-state index is 11.9. The van der Waals surface area contributed by atoms with Gasteiger partial charge in [0, 0.05) is 6.54 Å². The molecular weight excluding hydrogens is 246 g/mol. The molecule has 0 bridgehead atoms. The van der Waals surface area contributed by atoms with Crippen molar-refractivity contribution in [2.45, 2.75) is 30.9 Å². The third-order valence-electron chi connectivity index (χ3n) is 2.81. The molecule has 1 saturated carbocycles. The zero-order valence-corrected chi connectivity index (χ0v) is 10.9. The molecular formula is C9H15N3O2S2. The summed E-state index contributed by atoms with van der Waals surface area (Å²) in [5.41, 5.74) is 6.10. The van der Waals surface area contributed by atoms with Gasteiger partial charge in [0.05, 0.1) is 5.69 Å². The lowest BCUT2D eigenvalue weighted by Gasteiger charge is -2.09. The van der Waals surface area contributed by atoms with Crippen LogP contribution in [0.25, 0.3) is 0 Å². The van der Waals surface area contributed by atoms with Gasteiger partial charge in [-0.05, 0) is 25.2 Å². The second-order valence-electron chi connectivity index (χ2n) is 4.56. The van der Waals surface area contributed by atoms with E-state index in [0.717, 1.165) is 24.2 Å². The molecule has 90 valence electrons. The summed E-state index contributed by atoms with van der Waals surface area (Å²) in [5.74, 6) is 0. The summed E-state index contributed by atoms with van der Waals surface area (Å²) in [6.07, 6.45) is 2.17. The summed E-state index contributed by atoms with van der Waals surface area (Å²) in [4.78, 5) is 3.91. The van der Waals surface area contributed by atoms with E-state index in [1.54, 1.807) is 6.92 Å². The van der Waals surface area contributed by atoms with Gasteiger partial charge >= 0.3 is 0 Å². The molecule has 0 radical (unpaired) electrons. The van der Waals surface area contributed by atoms with Crippen molar-refractivity contribution < 1.29 is 8.42 Å². The molecule has 0 unspecified atom stereocenters. The van der Waals surface area contributed by atoms with E-state index in [-0.39, 0.29) is 14.8 Å². The Morgan fingerprint density at radius 3 is 2.62 bits per heavy atom. The van der Waals surface area contributed by atoms with Crippen molar-refractivity contribution >= 4 is 26.5 Å². The summed E-state index contributed by atoms with van der Waals surface area (Å²) in [7, 11) is -3.44. The Morgan fingerprint density at radius 2 is 2.19 bits per heavy atom. The molecule has 5 nitrogen and oxygen atoms in total. The van der Waals surface area contributed by atoms with Crippen LogP contribution in [0, 0.1) is 12.3 Å². The molecule has 1 aliphatic rings. The Morgan fingerprint density at radius 1 is 1.56 bits per heavy atom. The minimum Gasteiger partial charge on any atom is -0.375 e. The average Bonchev–Trinajstić information content (AvgIpc) is 2.81. The highest BCUT2D eigenvalue weighted by atomic mass is 32.2. The van der Waals surface area contributed by atoms with Gasteiger partial charge in [-0.3, -0.25) is 0 Å². The smallest absolute Gasteiger partial charge is 0.252 e. The molecule has 3 N–H and O–H groups in total. The number of sulfonamides is 1. The summed E-state index contributed by atoms with van der Waals surface area (Å²) in [6, 6.07) is 0. The van der Waals surface area contributed by atoms with Crippen molar-refractivity contribution in [2.75, 3.05) is 12.3 Å². The zero-order chi connectivity index (χ0) is 12.0. The molecule has 0 aromatic carbocycles. The van der Waals surface area contributed by atoms with Crippen LogP contribution in [0.2, 0.25) is 0 Å². The largest absolute Gasteiger partial charge is 0.375 e. The van der Waals surface area contributed by atoms with E-state index < -0.39 is 10.0 Å². The van der Waals surface area contributed by atoms with Crippen molar-refractivity contribution in [1.82, 2.24) is 9.71 Å². The first-order chi connectivity index (χ1) is 7.32. The van der Waals surface area contributed by atoms with Crippen LogP contribution in [-0.4, -0.2) is 19.9 Å². The molecule has 0 amide bonds. The van der Waals surface area contributed by atoms with Gasteiger partial charge in [-0.25, -0.2) is 18.1 Å². The number of nitrogens with two attached hydrogens (primary N) is 1. The first kappa shape index (κ1) is 11.8. The summed E-state index contributed by atoms with van der Waals surface area (Å²) in [6.45, 7) is 4.22. The Labute approximate surface area is 99.1 Å². The number of nitrogen functional groups attached to an aromatic ring is 1. The molecule has 1 aliphatic carbocycles. The minimum absolute atomic E-state index is 0.150. The molecule has 7 heteroatoms. The minimum atomic E-state index is -3.44. The fraction of sp³-hybridized carbons (Fsp3) is 0.667. The molecule has 1 aromatic heterocycles. The lowest BCUT2D eigenvalue weighted by atomic mass is 10.2. The predicted octanol–water partition coefficient (Wildman–Crippen LogP) is 1.11. The number of hydrogen-bond donors (Lipinski definition) is 2. The van der Waals surface area contributed by atoms with Crippen LogP contribution in [0.15, 0.2) is 4.21 Å². The second kappa shape index (κ2) is 3.68. The van der Waals surface area contributed by atoms with Crippen LogP contribution in [0.5, 0.6) is 0 Å². The van der Waals surface area contributed by atoms with Gasteiger partial charge in [-0.1, -0.05) is 18.3 Å². The molecule has 0 saturated heterocycles. The Balaban J connectivity index is 2.15. The first-order valence-electron chi connectivity index (χ1n) is 5.05. The highest BCUT2D eigenvalue weighted by Gasteiger charge is 2.38. The van der Waals surface area contributed by atoms with E-state index in [1.165, 1.54) is 0 Å². The normalized spacial score (nSPS) is 18.6. The molecule has 0 atom stereocenters. The summed E-state index contributed by atoms with van der Waals surface area (Å²) < 4.78 is 26.7. The standard InChI is InChI=1S/C9H15N3O2S2/c1-6-7(15-8(10)12-6)16(13,14)11-5-9(2)3-4-9/h11H,3-5H2,1-2H3,(H2,10,12). The van der Waals surface area contributed by atoms with E-state index >= 15 is 0 Å². The maximum absolute atomic E-state index is 11.9. The first-order valence-corrected chi connectivity index (χ1v) is 7.35. The monoisotopic (exact) mass is 261 g/mol. The number of nitrogens with zero attached hydrogens (tertiary/aromatic N) is 1. The van der Waals surface area contributed by atoms with Gasteiger partial charge in [0.15, 0.2) is 9.34 Å². The molecule has 0 spiro atoms. The van der Waals surface area contributed by atoms with E-state index in [0.29, 0.717) is 12.2 Å². The molecule has 1 fully saturated rings. The fourth-order valence-corrected chi connectivity index (χ4v) is 3.92. The topological polar surface area (TPSA) is 85.1 Å². The van der Waals surface area contributed by atoms with Crippen LogP contribution in [-0.2, 0) is 10.0 Å². The SMILES string of the molecule is Cc1nc(N)sc1S(=O)(=O)NCC1(C)CC1. The van der Waals surface area contributed by atoms with Crippen LogP contribution in [0.4, 0.5) is 5.13 Å². The van der Waals surface area contributed by atoms with Gasteiger partial charge in [0.25, 0.3) is 10.0 Å². The van der Waals surface area contributed by atoms with Gasteiger partial charge in [-0.2, -0.15) is 0 Å². The van der Waals surface area contributed by atoms with Gasteiger partial charge in [0.2, 0.25) is 0 Å². The van der Waals surface area contributed by atoms with Gasteiger partial charge in [0.1, 0.15) is 0 Å². The molecule has 0 aliphatic heterocycles. The average molecular weight is 261 g/mol. The van der Waals surface area contributed by atoms with E-state index in [4.69, 9.17) is 5.73 Å². The summed E-state index contributed by atoms with van der Waals surface area (Å²) in [5, 5.41) is 0.288. The lowest BCUT2D eigenvalue weighted by Crippen LogP contribution is -2.29. The van der Waals surface area contributed by atoms with Crippen LogP contribution < -0.4 is 10.5 Å². The number of anilines is 1. The van der Waals surface area contributed by atoms with Gasteiger partial charge < -0.3 is 5.73 Å². The predicted molar refractivity (Wildman–Crippen MR) is 63.8 cm³/mol. The maximum Gasteiger partial charge on any atom is 0.252 e. The molecule has 1 aromatic rings. The van der Waals surface area contributed by atoms with Crippen LogP contribution in [0.1, 0.15) is 25.5 Å². The number of nitrogens with one attached hydrogen (secondary N) is 1. The summed E-state index contributed by atoms with van der Waals surface area (Å²) >= 11 is 1.01. The number of hydrogen-bond acceptors (Lipinski definition) is 5. The Bertz CT molecular complexity index is 503. The molecule has 2 rings (SSSR count). The zero-order valence-electron chi connectivity index (χ0n) is 9.28. The highest BCUT2D eigenvalue weighted by Crippen LogP contribution is 2.44. The number of thiazole rings is 1. The van der Waals surface area contributed by atoms with E-state index in [1.807, 2.05) is 0 Å². The van der Waals surface area contributed by atoms with E-state index in [2.05, 4.69) is 16.6 Å². The van der Waals surface area contributed by atoms with E-state index in [9.17, 15) is 8.42 Å². The number of aromatic nitrogens is 1. The third-order valence-corrected chi connectivity index (χ3v) is 5.80. The molecule has 16 heavy (non-hydrogen) atoms. The quantitative estimate of drug-likeness (QED) is 0.850. The van der Waals surface area contributed by atoms with Crippen LogP contribution in [0.3, 0.4) is 0 Å². The lowest BCUT2D eigenvalue weighted by molar-refractivity contribution is 0.531. The van der Waals surface area contributed by atoms with Gasteiger partial charge in [-0.15, -0.1) is 0 Å². The number of aryl methyl sites for hydroxylation is 1. The van der Waals surface area contributed by atoms with Crippen molar-refractivity contribution in [3.63, 3.8) is 0 Å².